The van der Waals surface area contributed by atoms with E-state index in [0.717, 1.165) is 49.6 Å². The van der Waals surface area contributed by atoms with Crippen molar-refractivity contribution in [3.63, 3.8) is 0 Å². The molecule has 5 heterocycles. The number of sulfonamides is 1. The Balaban J connectivity index is 1.05. The average molecular weight is 842 g/mol. The predicted molar refractivity (Wildman–Crippen MR) is 219 cm³/mol. The van der Waals surface area contributed by atoms with Crippen molar-refractivity contribution in [2.24, 2.45) is 13.0 Å². The molecule has 18 heteroatoms. The number of allylic oxidation sites excluding steroid dienone is 1. The van der Waals surface area contributed by atoms with Crippen LogP contribution in [-0.2, 0) is 36.2 Å². The van der Waals surface area contributed by atoms with Crippen LogP contribution in [0.15, 0.2) is 48.6 Å². The van der Waals surface area contributed by atoms with Crippen molar-refractivity contribution in [2.45, 2.75) is 125 Å². The number of fused-ring (bicyclic) bond motifs is 5. The van der Waals surface area contributed by atoms with Gasteiger partial charge in [0.25, 0.3) is 5.91 Å². The molecule has 2 aliphatic heterocycles. The maximum absolute atomic E-state index is 14.8. The number of carbonyl (C=O) groups excluding carboxylic acids is 4. The molecule has 3 saturated carbocycles. The van der Waals surface area contributed by atoms with Crippen molar-refractivity contribution in [1.82, 2.24) is 44.6 Å². The average Bonchev–Trinajstić information content (AvgIpc) is 3.95. The largest absolute Gasteiger partial charge is 0.472 e. The van der Waals surface area contributed by atoms with Crippen LogP contribution in [0.1, 0.15) is 89.2 Å². The second kappa shape index (κ2) is 15.8. The molecular formula is C42H51N9O8S. The lowest BCUT2D eigenvalue weighted by molar-refractivity contribution is -0.141. The Labute approximate surface area is 347 Å². The summed E-state index contributed by atoms with van der Waals surface area (Å²) in [4.78, 5) is 62.9. The first-order valence-electron chi connectivity index (χ1n) is 21.2. The maximum Gasteiger partial charge on any atom is 0.408 e. The summed E-state index contributed by atoms with van der Waals surface area (Å²) in [5.41, 5.74) is 1.80. The van der Waals surface area contributed by atoms with Crippen LogP contribution in [-0.4, -0.2) is 103 Å². The highest BCUT2D eigenvalue weighted by Crippen LogP contribution is 2.46. The number of aromatic nitrogens is 5. The molecule has 3 aliphatic carbocycles. The summed E-state index contributed by atoms with van der Waals surface area (Å²) in [6.07, 6.45) is 10.0. The van der Waals surface area contributed by atoms with E-state index in [2.05, 4.69) is 20.5 Å². The van der Waals surface area contributed by atoms with Crippen LogP contribution in [0.4, 0.5) is 4.79 Å². The Morgan fingerprint density at radius 3 is 2.50 bits per heavy atom. The van der Waals surface area contributed by atoms with Gasteiger partial charge in [0.1, 0.15) is 35.5 Å². The molecule has 9 rings (SSSR count). The summed E-state index contributed by atoms with van der Waals surface area (Å²) in [5, 5.41) is 15.4. The predicted octanol–water partition coefficient (Wildman–Crippen LogP) is 3.98. The zero-order valence-corrected chi connectivity index (χ0v) is 34.7. The van der Waals surface area contributed by atoms with Gasteiger partial charge < -0.3 is 25.0 Å². The van der Waals surface area contributed by atoms with Crippen LogP contribution in [0, 0.1) is 12.8 Å². The zero-order chi connectivity index (χ0) is 41.8. The van der Waals surface area contributed by atoms with E-state index < -0.39 is 68.7 Å². The molecule has 3 N–H and O–H groups in total. The van der Waals surface area contributed by atoms with Crippen LogP contribution in [0.2, 0.25) is 0 Å². The normalized spacial score (nSPS) is 27.1. The molecule has 1 saturated heterocycles. The summed E-state index contributed by atoms with van der Waals surface area (Å²) in [5.74, 6) is -2.01. The number of amides is 4. The molecule has 17 nitrogen and oxygen atoms in total. The van der Waals surface area contributed by atoms with Crippen LogP contribution >= 0.6 is 0 Å². The van der Waals surface area contributed by atoms with Gasteiger partial charge in [0.15, 0.2) is 5.65 Å². The van der Waals surface area contributed by atoms with Gasteiger partial charge in [-0.25, -0.2) is 18.2 Å². The van der Waals surface area contributed by atoms with Gasteiger partial charge in [-0.05, 0) is 89.3 Å². The molecule has 4 fully saturated rings. The van der Waals surface area contributed by atoms with E-state index in [0.29, 0.717) is 60.5 Å². The fourth-order valence-electron chi connectivity index (χ4n) is 8.86. The number of rotatable bonds is 8. The van der Waals surface area contributed by atoms with Gasteiger partial charge in [-0.15, -0.1) is 0 Å². The summed E-state index contributed by atoms with van der Waals surface area (Å²) in [7, 11) is -2.06. The molecule has 5 aliphatic rings. The van der Waals surface area contributed by atoms with Crippen molar-refractivity contribution in [1.29, 1.82) is 0 Å². The molecule has 5 atom stereocenters. The molecule has 4 aromatic rings. The number of nitrogens with one attached hydrogen (secondary N) is 3. The van der Waals surface area contributed by atoms with E-state index in [1.54, 1.807) is 15.3 Å². The Morgan fingerprint density at radius 2 is 1.73 bits per heavy atom. The summed E-state index contributed by atoms with van der Waals surface area (Å²) >= 11 is 0. The Morgan fingerprint density at radius 1 is 0.950 bits per heavy atom. The van der Waals surface area contributed by atoms with E-state index >= 15 is 0 Å². The Kier molecular flexibility index (Phi) is 10.5. The molecule has 0 unspecified atom stereocenters. The van der Waals surface area contributed by atoms with Gasteiger partial charge >= 0.3 is 6.09 Å². The lowest BCUT2D eigenvalue weighted by Gasteiger charge is -2.30. The molecule has 0 spiro atoms. The molecule has 3 aromatic heterocycles. The van der Waals surface area contributed by atoms with Crippen molar-refractivity contribution in [3.8, 4) is 17.3 Å². The lowest BCUT2D eigenvalue weighted by atomic mass is 10.0. The first-order chi connectivity index (χ1) is 28.9. The number of aryl methyl sites for hydroxylation is 2. The van der Waals surface area contributed by atoms with Gasteiger partial charge in [0.05, 0.1) is 23.0 Å². The molecule has 0 bridgehead atoms. The highest BCUT2D eigenvalue weighted by atomic mass is 32.2. The second-order valence-corrected chi connectivity index (χ2v) is 19.0. The molecule has 60 heavy (non-hydrogen) atoms. The van der Waals surface area contributed by atoms with E-state index in [-0.39, 0.29) is 25.5 Å². The third-order valence-corrected chi connectivity index (χ3v) is 14.4. The quantitative estimate of drug-likeness (QED) is 0.216. The standard InChI is InChI=1S/C42H51N9O8S/c1-25-20-34(46-49(25)2)33-22-36(51-37(43-33)30-15-10-11-16-31(30)47-51)58-28-21-35-38(52)45-42(40(54)48-60(56,57)29-18-19-29)23-26(42)12-6-4-3-5-7-17-32(39(53)50(35)24-28)44-41(55)59-27-13-8-9-14-27/h6,10-12,15-16,20,22,26-29,32,35H,3-5,7-9,13-14,17-19,21,23-24H2,1-2H3,(H,44,55)(H,45,52)(H,48,54)/b12-6-/t26-,28+,32-,35-,42+/m0/s1. The van der Waals surface area contributed by atoms with Crippen LogP contribution in [0.25, 0.3) is 27.9 Å². The zero-order valence-electron chi connectivity index (χ0n) is 33.8. The van der Waals surface area contributed by atoms with Crippen LogP contribution < -0.4 is 20.1 Å². The van der Waals surface area contributed by atoms with Gasteiger partial charge in [-0.3, -0.25) is 23.8 Å². The van der Waals surface area contributed by atoms with E-state index in [9.17, 15) is 27.6 Å². The number of ether oxygens (including phenoxy) is 2. The maximum atomic E-state index is 14.8. The van der Waals surface area contributed by atoms with Gasteiger partial charge in [0.2, 0.25) is 27.7 Å². The SMILES string of the molecule is Cc1cc(-c2cc(O[C@@H]3C[C@H]4C(=O)N[C@]5(C(=O)NS(=O)(=O)C6CC6)C[C@@H]5/C=C\CCCCC[C@H](NC(=O)OC5CCCC5)C(=O)N4C3)n3nc4ccccc4c3n2)nn1C. The minimum atomic E-state index is -3.91. The van der Waals surface area contributed by atoms with Crippen molar-refractivity contribution in [2.75, 3.05) is 6.54 Å². The third-order valence-electron chi connectivity index (χ3n) is 12.6. The van der Waals surface area contributed by atoms with E-state index in [1.807, 2.05) is 56.5 Å². The minimum absolute atomic E-state index is 0.0258. The number of alkyl carbamates (subject to hydrolysis) is 1. The fraction of sp³-hybridized carbons (Fsp3) is 0.548. The summed E-state index contributed by atoms with van der Waals surface area (Å²) in [6.45, 7) is 1.91. The van der Waals surface area contributed by atoms with Crippen LogP contribution in [0.5, 0.6) is 5.88 Å². The first-order valence-corrected chi connectivity index (χ1v) is 22.7. The number of hydrogen-bond acceptors (Lipinski definition) is 11. The summed E-state index contributed by atoms with van der Waals surface area (Å²) < 4.78 is 44.0. The third kappa shape index (κ3) is 7.92. The molecule has 1 aromatic carbocycles. The Hall–Kier alpha value is -5.52. The van der Waals surface area contributed by atoms with Crippen molar-refractivity contribution in [3.05, 3.63) is 54.2 Å². The topological polar surface area (TPSA) is 208 Å². The van der Waals surface area contributed by atoms with Crippen LogP contribution in [0.3, 0.4) is 0 Å². The fourth-order valence-corrected chi connectivity index (χ4v) is 10.2. The van der Waals surface area contributed by atoms with E-state index in [1.165, 1.54) is 4.90 Å². The monoisotopic (exact) mass is 841 g/mol. The highest BCUT2D eigenvalue weighted by molar-refractivity contribution is 7.91. The second-order valence-electron chi connectivity index (χ2n) is 17.0. The molecule has 0 radical (unpaired) electrons. The Bertz CT molecular complexity index is 2470. The smallest absolute Gasteiger partial charge is 0.408 e. The number of hydrogen-bond donors (Lipinski definition) is 3. The first kappa shape index (κ1) is 39.9. The van der Waals surface area contributed by atoms with E-state index in [4.69, 9.17) is 19.6 Å². The van der Waals surface area contributed by atoms with Gasteiger partial charge in [-0.1, -0.05) is 37.1 Å². The number of carbonyl (C=O) groups is 4. The van der Waals surface area contributed by atoms with Gasteiger partial charge in [-0.2, -0.15) is 14.7 Å². The number of nitrogens with zero attached hydrogens (tertiary/aromatic N) is 6. The highest BCUT2D eigenvalue weighted by Gasteiger charge is 2.62. The number of benzene rings is 1. The van der Waals surface area contributed by atoms with Crippen molar-refractivity contribution >= 4 is 50.4 Å². The molecule has 318 valence electrons. The molecular weight excluding hydrogens is 791 g/mol. The lowest BCUT2D eigenvalue weighted by Crippen LogP contribution is -2.58. The van der Waals surface area contributed by atoms with Crippen molar-refractivity contribution < 1.29 is 37.1 Å². The minimum Gasteiger partial charge on any atom is -0.472 e. The molecule has 4 amide bonds. The van der Waals surface area contributed by atoms with Gasteiger partial charge in [0, 0.05) is 36.5 Å². The summed E-state index contributed by atoms with van der Waals surface area (Å²) in [6, 6.07) is 9.11.